The molecule has 1 heterocycles. The second-order valence-electron chi connectivity index (χ2n) is 2.98. The van der Waals surface area contributed by atoms with Gasteiger partial charge >= 0.3 is 0 Å². The smallest absolute Gasteiger partial charge is 0.181 e. The van der Waals surface area contributed by atoms with Gasteiger partial charge < -0.3 is 4.42 Å². The van der Waals surface area contributed by atoms with Crippen LogP contribution < -0.4 is 0 Å². The van der Waals surface area contributed by atoms with E-state index >= 15 is 0 Å². The van der Waals surface area contributed by atoms with Crippen LogP contribution in [-0.2, 0) is 4.79 Å². The molecule has 3 heteroatoms. The molecule has 74 valence electrons. The summed E-state index contributed by atoms with van der Waals surface area (Å²) >= 11 is 0. The van der Waals surface area contributed by atoms with E-state index in [0.29, 0.717) is 0 Å². The molecular formula is C12H9NO2. The number of aldehydes is 1. The van der Waals surface area contributed by atoms with Crippen molar-refractivity contribution in [1.82, 2.24) is 4.98 Å². The van der Waals surface area contributed by atoms with Crippen LogP contribution in [0.4, 0.5) is 0 Å². The molecule has 0 aliphatic heterocycles. The fraction of sp³-hybridized carbons (Fsp3) is 0. The standard InChI is InChI=1S/C12H9NO2/c14-7-1-2-10-3-5-11(6-4-10)12-8-13-9-15-12/h1-9H. The van der Waals surface area contributed by atoms with Crippen molar-refractivity contribution in [2.75, 3.05) is 0 Å². The highest BCUT2D eigenvalue weighted by Crippen LogP contribution is 2.19. The highest BCUT2D eigenvalue weighted by atomic mass is 16.3. The van der Waals surface area contributed by atoms with Crippen molar-refractivity contribution in [2.24, 2.45) is 0 Å². The highest BCUT2D eigenvalue weighted by molar-refractivity contribution is 5.74. The molecule has 0 fully saturated rings. The van der Waals surface area contributed by atoms with Gasteiger partial charge in [-0.15, -0.1) is 0 Å². The minimum absolute atomic E-state index is 0.737. The molecule has 0 radical (unpaired) electrons. The van der Waals surface area contributed by atoms with Gasteiger partial charge in [-0.05, 0) is 11.6 Å². The van der Waals surface area contributed by atoms with E-state index < -0.39 is 0 Å². The van der Waals surface area contributed by atoms with Crippen molar-refractivity contribution >= 4 is 12.4 Å². The molecule has 0 saturated carbocycles. The highest BCUT2D eigenvalue weighted by Gasteiger charge is 1.99. The van der Waals surface area contributed by atoms with Crippen LogP contribution in [0, 0.1) is 0 Å². The van der Waals surface area contributed by atoms with Crippen molar-refractivity contribution in [3.63, 3.8) is 0 Å². The Morgan fingerprint density at radius 2 is 2.00 bits per heavy atom. The minimum atomic E-state index is 0.737. The normalized spacial score (nSPS) is 10.7. The lowest BCUT2D eigenvalue weighted by Gasteiger charge is -1.96. The third kappa shape index (κ3) is 2.20. The summed E-state index contributed by atoms with van der Waals surface area (Å²) in [7, 11) is 0. The Balaban J connectivity index is 2.24. The van der Waals surface area contributed by atoms with E-state index in [1.54, 1.807) is 12.3 Å². The number of oxazole rings is 1. The predicted octanol–water partition coefficient (Wildman–Crippen LogP) is 2.55. The SMILES string of the molecule is O=CC=Cc1ccc(-c2cnco2)cc1. The van der Waals surface area contributed by atoms with Crippen LogP contribution in [0.2, 0.25) is 0 Å². The Bertz CT molecular complexity index is 455. The van der Waals surface area contributed by atoms with Crippen LogP contribution in [0.1, 0.15) is 5.56 Å². The molecule has 0 amide bonds. The first-order valence-electron chi connectivity index (χ1n) is 4.51. The van der Waals surface area contributed by atoms with Gasteiger partial charge in [-0.3, -0.25) is 4.79 Å². The fourth-order valence-electron chi connectivity index (χ4n) is 1.27. The summed E-state index contributed by atoms with van der Waals surface area (Å²) in [6.07, 6.45) is 7.02. The maximum Gasteiger partial charge on any atom is 0.181 e. The molecule has 1 aromatic heterocycles. The molecule has 1 aromatic carbocycles. The van der Waals surface area contributed by atoms with Crippen LogP contribution in [-0.4, -0.2) is 11.3 Å². The van der Waals surface area contributed by atoms with Gasteiger partial charge in [0, 0.05) is 5.56 Å². The summed E-state index contributed by atoms with van der Waals surface area (Å²) in [5, 5.41) is 0. The first-order chi connectivity index (χ1) is 7.40. The molecule has 0 N–H and O–H groups in total. The molecule has 0 atom stereocenters. The lowest BCUT2D eigenvalue weighted by Crippen LogP contribution is -1.75. The van der Waals surface area contributed by atoms with Gasteiger partial charge in [-0.2, -0.15) is 0 Å². The average molecular weight is 199 g/mol. The summed E-state index contributed by atoms with van der Waals surface area (Å²) in [6.45, 7) is 0. The van der Waals surface area contributed by atoms with Crippen LogP contribution in [0.15, 0.2) is 47.3 Å². The molecule has 2 aromatic rings. The van der Waals surface area contributed by atoms with Gasteiger partial charge in [-0.25, -0.2) is 4.98 Å². The van der Waals surface area contributed by atoms with E-state index in [0.717, 1.165) is 23.2 Å². The van der Waals surface area contributed by atoms with E-state index in [1.807, 2.05) is 24.3 Å². The Morgan fingerprint density at radius 1 is 1.20 bits per heavy atom. The Morgan fingerprint density at radius 3 is 2.60 bits per heavy atom. The number of rotatable bonds is 3. The van der Waals surface area contributed by atoms with Crippen molar-refractivity contribution in [1.29, 1.82) is 0 Å². The van der Waals surface area contributed by atoms with E-state index in [1.165, 1.54) is 12.5 Å². The van der Waals surface area contributed by atoms with Crippen molar-refractivity contribution in [2.45, 2.75) is 0 Å². The van der Waals surface area contributed by atoms with Crippen molar-refractivity contribution in [3.05, 3.63) is 48.5 Å². The molecule has 0 aliphatic carbocycles. The zero-order chi connectivity index (χ0) is 10.5. The van der Waals surface area contributed by atoms with E-state index in [4.69, 9.17) is 4.42 Å². The number of allylic oxidation sites excluding steroid dienone is 1. The maximum absolute atomic E-state index is 10.1. The minimum Gasteiger partial charge on any atom is -0.444 e. The lowest BCUT2D eigenvalue weighted by atomic mass is 10.1. The number of carbonyl (C=O) groups excluding carboxylic acids is 1. The number of carbonyl (C=O) groups is 1. The van der Waals surface area contributed by atoms with Gasteiger partial charge in [0.25, 0.3) is 0 Å². The third-order valence-electron chi connectivity index (χ3n) is 1.99. The first kappa shape index (κ1) is 9.40. The van der Waals surface area contributed by atoms with E-state index in [9.17, 15) is 4.79 Å². The Hall–Kier alpha value is -2.16. The van der Waals surface area contributed by atoms with E-state index in [2.05, 4.69) is 4.98 Å². The third-order valence-corrected chi connectivity index (χ3v) is 1.99. The lowest BCUT2D eigenvalue weighted by molar-refractivity contribution is -0.104. The number of nitrogens with zero attached hydrogens (tertiary/aromatic N) is 1. The number of hydrogen-bond donors (Lipinski definition) is 0. The molecule has 0 bridgehead atoms. The summed E-state index contributed by atoms with van der Waals surface area (Å²) in [4.78, 5) is 14.0. The second kappa shape index (κ2) is 4.37. The van der Waals surface area contributed by atoms with Gasteiger partial charge in [0.15, 0.2) is 12.2 Å². The van der Waals surface area contributed by atoms with Gasteiger partial charge in [0.05, 0.1) is 6.20 Å². The van der Waals surface area contributed by atoms with Crippen LogP contribution in [0.5, 0.6) is 0 Å². The van der Waals surface area contributed by atoms with Crippen molar-refractivity contribution < 1.29 is 9.21 Å². The first-order valence-corrected chi connectivity index (χ1v) is 4.51. The van der Waals surface area contributed by atoms with Gasteiger partial charge in [-0.1, -0.05) is 30.3 Å². The summed E-state index contributed by atoms with van der Waals surface area (Å²) in [5.74, 6) is 0.737. The molecule has 3 nitrogen and oxygen atoms in total. The van der Waals surface area contributed by atoms with Crippen LogP contribution >= 0.6 is 0 Å². The topological polar surface area (TPSA) is 43.1 Å². The second-order valence-corrected chi connectivity index (χ2v) is 2.98. The maximum atomic E-state index is 10.1. The van der Waals surface area contributed by atoms with Gasteiger partial charge in [0.2, 0.25) is 0 Å². The molecule has 2 rings (SSSR count). The monoisotopic (exact) mass is 199 g/mol. The largest absolute Gasteiger partial charge is 0.444 e. The number of hydrogen-bond acceptors (Lipinski definition) is 3. The zero-order valence-electron chi connectivity index (χ0n) is 7.96. The fourth-order valence-corrected chi connectivity index (χ4v) is 1.27. The molecule has 0 spiro atoms. The van der Waals surface area contributed by atoms with Gasteiger partial charge in [0.1, 0.15) is 6.29 Å². The van der Waals surface area contributed by atoms with Crippen LogP contribution in [0.25, 0.3) is 17.4 Å². The quantitative estimate of drug-likeness (QED) is 0.563. The average Bonchev–Trinajstić information content (AvgIpc) is 2.80. The molecule has 0 unspecified atom stereocenters. The van der Waals surface area contributed by atoms with Crippen LogP contribution in [0.3, 0.4) is 0 Å². The van der Waals surface area contributed by atoms with Crippen molar-refractivity contribution in [3.8, 4) is 11.3 Å². The summed E-state index contributed by atoms with van der Waals surface area (Å²) in [5.41, 5.74) is 1.95. The molecule has 15 heavy (non-hydrogen) atoms. The van der Waals surface area contributed by atoms with E-state index in [-0.39, 0.29) is 0 Å². The summed E-state index contributed by atoms with van der Waals surface area (Å²) in [6, 6.07) is 7.67. The summed E-state index contributed by atoms with van der Waals surface area (Å²) < 4.78 is 5.16. The molecular weight excluding hydrogens is 190 g/mol. The Labute approximate surface area is 87.1 Å². The number of aromatic nitrogens is 1. The predicted molar refractivity (Wildman–Crippen MR) is 57.0 cm³/mol. The Kier molecular flexibility index (Phi) is 2.74. The molecule has 0 aliphatic rings. The molecule has 0 saturated heterocycles. The number of benzene rings is 1. The zero-order valence-corrected chi connectivity index (χ0v) is 7.96.